The van der Waals surface area contributed by atoms with E-state index in [0.29, 0.717) is 11.3 Å². The molecule has 136 valence electrons. The largest absolute Gasteiger partial charge is 0.507 e. The zero-order valence-corrected chi connectivity index (χ0v) is 14.4. The van der Waals surface area contributed by atoms with Crippen molar-refractivity contribution >= 4 is 17.5 Å². The number of nitro benzene ring substituents is 1. The van der Waals surface area contributed by atoms with E-state index in [1.54, 1.807) is 6.07 Å². The summed E-state index contributed by atoms with van der Waals surface area (Å²) in [7, 11) is 4.12. The van der Waals surface area contributed by atoms with E-state index in [1.165, 1.54) is 57.7 Å². The number of hydrogen-bond acceptors (Lipinski definition) is 7. The monoisotopic (exact) mass is 359 g/mol. The SMILES string of the molecule is COc1cc(O)c(C(=O)/C=C/c2ccc(OC)c([N+](=O)[O-])c2)c(OC)c1. The second kappa shape index (κ2) is 8.02. The number of carbonyl (C=O) groups is 1. The summed E-state index contributed by atoms with van der Waals surface area (Å²) < 4.78 is 15.1. The van der Waals surface area contributed by atoms with Crippen LogP contribution in [0.2, 0.25) is 0 Å². The predicted octanol–water partition coefficient (Wildman–Crippen LogP) is 3.22. The molecule has 0 aliphatic carbocycles. The van der Waals surface area contributed by atoms with Gasteiger partial charge in [0.2, 0.25) is 0 Å². The molecule has 0 aromatic heterocycles. The molecule has 0 aliphatic heterocycles. The van der Waals surface area contributed by atoms with Crippen LogP contribution >= 0.6 is 0 Å². The molecule has 0 heterocycles. The van der Waals surface area contributed by atoms with Gasteiger partial charge >= 0.3 is 5.69 Å². The minimum atomic E-state index is -0.573. The summed E-state index contributed by atoms with van der Waals surface area (Å²) in [6.07, 6.45) is 2.59. The lowest BCUT2D eigenvalue weighted by atomic mass is 10.1. The Morgan fingerprint density at radius 1 is 1.08 bits per heavy atom. The first-order chi connectivity index (χ1) is 12.4. The van der Waals surface area contributed by atoms with Gasteiger partial charge < -0.3 is 19.3 Å². The van der Waals surface area contributed by atoms with Crippen LogP contribution in [-0.4, -0.2) is 37.1 Å². The third kappa shape index (κ3) is 3.92. The third-order valence-corrected chi connectivity index (χ3v) is 3.58. The van der Waals surface area contributed by atoms with E-state index in [2.05, 4.69) is 0 Å². The number of carbonyl (C=O) groups excluding carboxylic acids is 1. The van der Waals surface area contributed by atoms with Gasteiger partial charge in [-0.25, -0.2) is 0 Å². The standard InChI is InChI=1S/C18H17NO7/c1-24-12-9-15(21)18(17(10-12)26-3)14(20)6-4-11-5-7-16(25-2)13(8-11)19(22)23/h4-10,21H,1-3H3/b6-4+. The van der Waals surface area contributed by atoms with Crippen LogP contribution in [0.3, 0.4) is 0 Å². The highest BCUT2D eigenvalue weighted by molar-refractivity contribution is 6.10. The fraction of sp³-hybridized carbons (Fsp3) is 0.167. The summed E-state index contributed by atoms with van der Waals surface area (Å²) in [4.78, 5) is 22.9. The van der Waals surface area contributed by atoms with Crippen molar-refractivity contribution in [1.29, 1.82) is 0 Å². The number of ether oxygens (including phenoxy) is 3. The van der Waals surface area contributed by atoms with Crippen LogP contribution < -0.4 is 14.2 Å². The molecule has 0 fully saturated rings. The number of phenols is 1. The van der Waals surface area contributed by atoms with E-state index in [9.17, 15) is 20.0 Å². The zero-order chi connectivity index (χ0) is 19.3. The highest BCUT2D eigenvalue weighted by atomic mass is 16.6. The Hall–Kier alpha value is -3.55. The summed E-state index contributed by atoms with van der Waals surface area (Å²) in [5, 5.41) is 21.1. The smallest absolute Gasteiger partial charge is 0.311 e. The highest BCUT2D eigenvalue weighted by Gasteiger charge is 2.18. The molecule has 2 aromatic rings. The number of rotatable bonds is 7. The van der Waals surface area contributed by atoms with Gasteiger partial charge in [0.05, 0.1) is 26.3 Å². The molecule has 2 aromatic carbocycles. The van der Waals surface area contributed by atoms with Crippen molar-refractivity contribution in [2.75, 3.05) is 21.3 Å². The van der Waals surface area contributed by atoms with Crippen LogP contribution in [0.25, 0.3) is 6.08 Å². The fourth-order valence-electron chi connectivity index (χ4n) is 2.31. The average Bonchev–Trinajstić information content (AvgIpc) is 2.64. The predicted molar refractivity (Wildman–Crippen MR) is 94.2 cm³/mol. The van der Waals surface area contributed by atoms with Gasteiger partial charge in [0.15, 0.2) is 11.5 Å². The highest BCUT2D eigenvalue weighted by Crippen LogP contribution is 2.34. The van der Waals surface area contributed by atoms with E-state index < -0.39 is 10.7 Å². The number of nitrogens with zero attached hydrogens (tertiary/aromatic N) is 1. The topological polar surface area (TPSA) is 108 Å². The maximum atomic E-state index is 12.4. The number of methoxy groups -OCH3 is 3. The Morgan fingerprint density at radius 3 is 2.35 bits per heavy atom. The molecular weight excluding hydrogens is 342 g/mol. The van der Waals surface area contributed by atoms with E-state index in [-0.39, 0.29) is 28.5 Å². The number of nitro groups is 1. The molecular formula is C18H17NO7. The molecule has 0 spiro atoms. The Bertz CT molecular complexity index is 874. The molecule has 0 saturated heterocycles. The van der Waals surface area contributed by atoms with Gasteiger partial charge in [-0.05, 0) is 17.7 Å². The van der Waals surface area contributed by atoms with Gasteiger partial charge in [0, 0.05) is 18.2 Å². The van der Waals surface area contributed by atoms with E-state index in [1.807, 2.05) is 0 Å². The van der Waals surface area contributed by atoms with E-state index >= 15 is 0 Å². The van der Waals surface area contributed by atoms with Crippen LogP contribution in [0, 0.1) is 10.1 Å². The Labute approximate surface area is 149 Å². The summed E-state index contributed by atoms with van der Waals surface area (Å²) in [6.45, 7) is 0. The lowest BCUT2D eigenvalue weighted by Crippen LogP contribution is -2.00. The van der Waals surface area contributed by atoms with Gasteiger partial charge in [-0.1, -0.05) is 12.1 Å². The number of aromatic hydroxyl groups is 1. The second-order valence-corrected chi connectivity index (χ2v) is 5.11. The van der Waals surface area contributed by atoms with Crippen molar-refractivity contribution in [2.24, 2.45) is 0 Å². The zero-order valence-electron chi connectivity index (χ0n) is 14.4. The third-order valence-electron chi connectivity index (χ3n) is 3.58. The first-order valence-corrected chi connectivity index (χ1v) is 7.41. The number of hydrogen-bond donors (Lipinski definition) is 1. The molecule has 0 radical (unpaired) electrons. The molecule has 0 saturated carbocycles. The number of ketones is 1. The number of benzene rings is 2. The van der Waals surface area contributed by atoms with Crippen molar-refractivity contribution in [3.05, 3.63) is 57.6 Å². The van der Waals surface area contributed by atoms with Crippen molar-refractivity contribution in [2.45, 2.75) is 0 Å². The van der Waals surface area contributed by atoms with Crippen LogP contribution in [0.5, 0.6) is 23.0 Å². The molecule has 0 amide bonds. The summed E-state index contributed by atoms with van der Waals surface area (Å²) in [5.41, 5.74) is 0.178. The number of allylic oxidation sites excluding steroid dienone is 1. The summed E-state index contributed by atoms with van der Waals surface area (Å²) in [5.74, 6) is -0.215. The molecule has 26 heavy (non-hydrogen) atoms. The Kier molecular flexibility index (Phi) is 5.79. The van der Waals surface area contributed by atoms with Crippen LogP contribution in [0.4, 0.5) is 5.69 Å². The molecule has 0 aliphatic rings. The molecule has 8 heteroatoms. The van der Waals surface area contributed by atoms with Gasteiger partial charge in [-0.15, -0.1) is 0 Å². The van der Waals surface area contributed by atoms with Gasteiger partial charge in [-0.3, -0.25) is 14.9 Å². The first-order valence-electron chi connectivity index (χ1n) is 7.41. The van der Waals surface area contributed by atoms with Gasteiger partial charge in [-0.2, -0.15) is 0 Å². The van der Waals surface area contributed by atoms with Crippen molar-refractivity contribution in [3.63, 3.8) is 0 Å². The maximum Gasteiger partial charge on any atom is 0.311 e. The quantitative estimate of drug-likeness (QED) is 0.350. The molecule has 1 N–H and O–H groups in total. The summed E-state index contributed by atoms with van der Waals surface area (Å²) >= 11 is 0. The van der Waals surface area contributed by atoms with Crippen molar-refractivity contribution < 1.29 is 29.0 Å². The van der Waals surface area contributed by atoms with Gasteiger partial charge in [0.25, 0.3) is 0 Å². The second-order valence-electron chi connectivity index (χ2n) is 5.11. The van der Waals surface area contributed by atoms with Crippen LogP contribution in [0.1, 0.15) is 15.9 Å². The van der Waals surface area contributed by atoms with Crippen molar-refractivity contribution in [3.8, 4) is 23.0 Å². The maximum absolute atomic E-state index is 12.4. The molecule has 2 rings (SSSR count). The van der Waals surface area contributed by atoms with Crippen LogP contribution in [0.15, 0.2) is 36.4 Å². The van der Waals surface area contributed by atoms with Gasteiger partial charge in [0.1, 0.15) is 22.8 Å². The lowest BCUT2D eigenvalue weighted by molar-refractivity contribution is -0.385. The molecule has 0 unspecified atom stereocenters. The average molecular weight is 359 g/mol. The first kappa shape index (κ1) is 18.8. The molecule has 0 bridgehead atoms. The van der Waals surface area contributed by atoms with Crippen LogP contribution in [-0.2, 0) is 0 Å². The summed E-state index contributed by atoms with van der Waals surface area (Å²) in [6, 6.07) is 7.06. The normalized spacial score (nSPS) is 10.6. The minimum absolute atomic E-state index is 0.0347. The minimum Gasteiger partial charge on any atom is -0.507 e. The molecule has 0 atom stereocenters. The fourth-order valence-corrected chi connectivity index (χ4v) is 2.31. The van der Waals surface area contributed by atoms with Crippen molar-refractivity contribution in [1.82, 2.24) is 0 Å². The van der Waals surface area contributed by atoms with E-state index in [0.717, 1.165) is 0 Å². The Morgan fingerprint density at radius 2 is 1.77 bits per heavy atom. The van der Waals surface area contributed by atoms with E-state index in [4.69, 9.17) is 14.2 Å². The number of phenolic OH excluding ortho intramolecular Hbond substituents is 1. The Balaban J connectivity index is 2.36. The molecule has 8 nitrogen and oxygen atoms in total. The lowest BCUT2D eigenvalue weighted by Gasteiger charge is -2.10.